The van der Waals surface area contributed by atoms with Crippen LogP contribution in [0.1, 0.15) is 38.8 Å². The molecule has 4 aliphatic rings. The van der Waals surface area contributed by atoms with Crippen LogP contribution in [0.25, 0.3) is 11.3 Å². The standard InChI is InChI=1S/C41H45FN12O3S.CH5N/c1-25(2)57-38-37(28-22-45-46-23-28)44-24-54(43-4)40(38)47-34-12-10-31(21-33(34)42)58-30-8-6-7-27(19-30)26(3)51-15-17-52(18-16-51)29-9-11-32-35(20-29)50(5)49-39(32)53-14-13-36(55)48-41(53)56;1-2/h6-12,19-26,32,35H,4,13-18H2,1-3,5H3,(H,45,46)(H,48,55,56);2H2,1H3. The van der Waals surface area contributed by atoms with Crippen molar-refractivity contribution >= 4 is 41.9 Å². The Morgan fingerprint density at radius 1 is 1.05 bits per heavy atom. The number of fused-ring (bicyclic) bond motifs is 1. The van der Waals surface area contributed by atoms with Gasteiger partial charge in [0.2, 0.25) is 11.4 Å². The highest BCUT2D eigenvalue weighted by atomic mass is 32.2. The van der Waals surface area contributed by atoms with Crippen LogP contribution < -0.4 is 21.3 Å². The summed E-state index contributed by atoms with van der Waals surface area (Å²) in [5.41, 5.74) is 8.41. The van der Waals surface area contributed by atoms with Gasteiger partial charge >= 0.3 is 6.03 Å². The highest BCUT2D eigenvalue weighted by molar-refractivity contribution is 7.99. The van der Waals surface area contributed by atoms with Gasteiger partial charge in [0.25, 0.3) is 0 Å². The summed E-state index contributed by atoms with van der Waals surface area (Å²) in [5, 5.41) is 19.9. The first-order valence-electron chi connectivity index (χ1n) is 19.8. The number of aromatic amines is 1. The van der Waals surface area contributed by atoms with Crippen molar-refractivity contribution in [1.29, 1.82) is 0 Å². The number of piperazine rings is 1. The second-order valence-corrected chi connectivity index (χ2v) is 15.9. The van der Waals surface area contributed by atoms with Gasteiger partial charge in [-0.15, -0.1) is 0 Å². The van der Waals surface area contributed by atoms with E-state index < -0.39 is 11.8 Å². The number of hydrogen-bond acceptors (Lipinski definition) is 13. The fourth-order valence-corrected chi connectivity index (χ4v) is 8.54. The summed E-state index contributed by atoms with van der Waals surface area (Å²) in [6, 6.07) is 13.2. The van der Waals surface area contributed by atoms with Gasteiger partial charge in [-0.25, -0.2) is 23.8 Å². The normalized spacial score (nSPS) is 20.0. The number of nitrogens with one attached hydrogen (secondary N) is 2. The summed E-state index contributed by atoms with van der Waals surface area (Å²) in [7, 11) is 3.43. The van der Waals surface area contributed by atoms with Crippen molar-refractivity contribution in [2.24, 2.45) is 26.8 Å². The molecule has 16 nitrogen and oxygen atoms in total. The van der Waals surface area contributed by atoms with E-state index in [2.05, 4.69) is 96.2 Å². The molecule has 2 saturated heterocycles. The van der Waals surface area contributed by atoms with Gasteiger partial charge in [0.1, 0.15) is 29.4 Å². The lowest BCUT2D eigenvalue weighted by molar-refractivity contribution is -0.121. The largest absolute Gasteiger partial charge is 0.485 e. The van der Waals surface area contributed by atoms with Crippen LogP contribution in [-0.4, -0.2) is 123 Å². The highest BCUT2D eigenvalue weighted by Gasteiger charge is 2.41. The zero-order valence-corrected chi connectivity index (χ0v) is 35.1. The van der Waals surface area contributed by atoms with Crippen LogP contribution in [0.2, 0.25) is 0 Å². The number of ether oxygens (including phenoxy) is 1. The average molecular weight is 836 g/mol. The molecule has 8 rings (SSSR count). The first-order valence-corrected chi connectivity index (χ1v) is 20.6. The van der Waals surface area contributed by atoms with Crippen LogP contribution in [-0.2, 0) is 4.79 Å². The zero-order chi connectivity index (χ0) is 42.5. The summed E-state index contributed by atoms with van der Waals surface area (Å²) in [4.78, 5) is 41.6. The number of hydrogen-bond donors (Lipinski definition) is 3. The molecule has 0 radical (unpaired) electrons. The number of imide groups is 1. The molecule has 3 atom stereocenters. The smallest absolute Gasteiger partial charge is 0.329 e. The average Bonchev–Trinajstić information content (AvgIpc) is 3.91. The van der Waals surface area contributed by atoms with E-state index in [0.29, 0.717) is 29.4 Å². The Balaban J connectivity index is 0.00000268. The van der Waals surface area contributed by atoms with Crippen LogP contribution in [0.3, 0.4) is 0 Å². The number of rotatable bonds is 10. The first-order chi connectivity index (χ1) is 29.1. The molecule has 18 heteroatoms. The van der Waals surface area contributed by atoms with Gasteiger partial charge in [-0.05, 0) is 75.9 Å². The molecule has 4 N–H and O–H groups in total. The summed E-state index contributed by atoms with van der Waals surface area (Å²) >= 11 is 1.50. The SMILES string of the molecule is C=Nn1cnc(-c2cn[nH]c2)c(OC(C)C)c1=Nc1ccc(Sc2cccc(C(C)N3CCN(C4=CC5C(C=C4)C(N4CCC(=O)NC4=O)=NN5C)CC3)c2)cc1F.CN. The van der Waals surface area contributed by atoms with Crippen LogP contribution in [0, 0.1) is 11.7 Å². The predicted molar refractivity (Wildman–Crippen MR) is 229 cm³/mol. The summed E-state index contributed by atoms with van der Waals surface area (Å²) in [6.07, 6.45) is 11.3. The molecule has 2 aromatic heterocycles. The van der Waals surface area contributed by atoms with Crippen molar-refractivity contribution in [3.05, 3.63) is 102 Å². The molecule has 0 bridgehead atoms. The lowest BCUT2D eigenvalue weighted by Crippen LogP contribution is -2.53. The molecule has 4 aromatic rings. The van der Waals surface area contributed by atoms with Crippen molar-refractivity contribution in [3.63, 3.8) is 0 Å². The summed E-state index contributed by atoms with van der Waals surface area (Å²) < 4.78 is 23.3. The third kappa shape index (κ3) is 8.90. The molecule has 2 aromatic carbocycles. The van der Waals surface area contributed by atoms with E-state index in [0.717, 1.165) is 41.7 Å². The Bertz CT molecular complexity index is 2390. The summed E-state index contributed by atoms with van der Waals surface area (Å²) in [5.74, 6) is 0.211. The van der Waals surface area contributed by atoms with Crippen LogP contribution in [0.5, 0.6) is 5.75 Å². The first kappa shape index (κ1) is 42.0. The molecule has 3 amide bonds. The van der Waals surface area contributed by atoms with E-state index in [4.69, 9.17) is 9.84 Å². The molecule has 0 saturated carbocycles. The number of allylic oxidation sites excluding steroid dienone is 1. The van der Waals surface area contributed by atoms with Crippen molar-refractivity contribution in [2.75, 3.05) is 46.8 Å². The Labute approximate surface area is 352 Å². The maximum Gasteiger partial charge on any atom is 0.329 e. The van der Waals surface area contributed by atoms with Crippen LogP contribution in [0.4, 0.5) is 14.9 Å². The van der Waals surface area contributed by atoms with E-state index in [-0.39, 0.29) is 47.6 Å². The number of likely N-dealkylation sites (N-methyl/N-ethyl adjacent to an activating group) is 1. The molecule has 314 valence electrons. The second-order valence-electron chi connectivity index (χ2n) is 14.7. The maximum atomic E-state index is 15.8. The highest BCUT2D eigenvalue weighted by Crippen LogP contribution is 2.35. The third-order valence-corrected chi connectivity index (χ3v) is 11.6. The number of nitrogens with zero attached hydrogens (tertiary/aromatic N) is 10. The lowest BCUT2D eigenvalue weighted by atomic mass is 9.92. The van der Waals surface area contributed by atoms with E-state index in [1.807, 2.05) is 38.0 Å². The van der Waals surface area contributed by atoms with Crippen molar-refractivity contribution < 1.29 is 18.7 Å². The number of H-pyrrole nitrogens is 1. The number of hydrazone groups is 1. The molecule has 3 aliphatic heterocycles. The minimum Gasteiger partial charge on any atom is -0.485 e. The monoisotopic (exact) mass is 835 g/mol. The van der Waals surface area contributed by atoms with E-state index in [1.165, 1.54) is 41.4 Å². The number of halogens is 1. The number of benzene rings is 2. The van der Waals surface area contributed by atoms with Gasteiger partial charge in [-0.2, -0.15) is 15.3 Å². The Morgan fingerprint density at radius 2 is 1.83 bits per heavy atom. The summed E-state index contributed by atoms with van der Waals surface area (Å²) in [6.45, 7) is 13.5. The van der Waals surface area contributed by atoms with Crippen molar-refractivity contribution in [1.82, 2.24) is 44.9 Å². The fraction of sp³-hybridized carbons (Fsp3) is 0.357. The molecule has 5 heterocycles. The van der Waals surface area contributed by atoms with E-state index in [1.54, 1.807) is 23.4 Å². The maximum absolute atomic E-state index is 15.8. The number of urea groups is 1. The molecular weight excluding hydrogens is 786 g/mol. The molecule has 2 fully saturated rings. The molecular formula is C42H50FN13O3S. The number of carbonyl (C=O) groups is 2. The van der Waals surface area contributed by atoms with Gasteiger partial charge in [-0.1, -0.05) is 30.0 Å². The molecule has 1 aliphatic carbocycles. The minimum atomic E-state index is -0.488. The number of carbonyl (C=O) groups excluding carboxylic acids is 2. The molecule has 0 spiro atoms. The Morgan fingerprint density at radius 3 is 2.53 bits per heavy atom. The topological polar surface area (TPSA) is 178 Å². The second kappa shape index (κ2) is 18.4. The number of amides is 3. The van der Waals surface area contributed by atoms with Crippen LogP contribution in [0.15, 0.2) is 110 Å². The van der Waals surface area contributed by atoms with Gasteiger partial charge in [-0.3, -0.25) is 30.0 Å². The lowest BCUT2D eigenvalue weighted by Gasteiger charge is -2.41. The molecule has 60 heavy (non-hydrogen) atoms. The fourth-order valence-electron chi connectivity index (χ4n) is 7.63. The van der Waals surface area contributed by atoms with Crippen LogP contribution >= 0.6 is 11.8 Å². The Kier molecular flexibility index (Phi) is 12.9. The Hall–Kier alpha value is -6.11. The number of nitrogens with two attached hydrogens (primary N) is 1. The van der Waals surface area contributed by atoms with E-state index >= 15 is 4.39 Å². The zero-order valence-electron chi connectivity index (χ0n) is 34.3. The minimum absolute atomic E-state index is 0.00183. The van der Waals surface area contributed by atoms with Gasteiger partial charge in [0.15, 0.2) is 5.75 Å². The number of aromatic nitrogens is 4. The third-order valence-electron chi connectivity index (χ3n) is 10.7. The van der Waals surface area contributed by atoms with Gasteiger partial charge < -0.3 is 15.4 Å². The van der Waals surface area contributed by atoms with E-state index in [9.17, 15) is 9.59 Å². The van der Waals surface area contributed by atoms with Gasteiger partial charge in [0, 0.05) is 86.2 Å². The van der Waals surface area contributed by atoms with Crippen molar-refractivity contribution in [3.8, 4) is 17.0 Å². The predicted octanol–water partition coefficient (Wildman–Crippen LogP) is 4.94. The molecule has 3 unspecified atom stereocenters. The van der Waals surface area contributed by atoms with Crippen molar-refractivity contribution in [2.45, 2.75) is 55.2 Å². The van der Waals surface area contributed by atoms with Gasteiger partial charge in [0.05, 0.1) is 24.3 Å². The number of amidine groups is 1. The quantitative estimate of drug-likeness (QED) is 0.186.